The van der Waals surface area contributed by atoms with Crippen LogP contribution >= 0.6 is 0 Å². The molecule has 0 aromatic heterocycles. The second-order valence-electron chi connectivity index (χ2n) is 1.70. The Morgan fingerprint density at radius 1 is 2.00 bits per heavy atom. The standard InChI is InChI=1S/C5H9NO3/c1-2-6-5(7)9-4-3-8-4/h4H,2-3H2,1H3,(H,6,7)/t4-/m0/s1. The van der Waals surface area contributed by atoms with Gasteiger partial charge in [-0.1, -0.05) is 0 Å². The molecule has 1 saturated heterocycles. The van der Waals surface area contributed by atoms with Crippen LogP contribution in [0.2, 0.25) is 0 Å². The highest BCUT2D eigenvalue weighted by Gasteiger charge is 2.26. The third-order valence-electron chi connectivity index (χ3n) is 0.862. The maximum absolute atomic E-state index is 10.5. The van der Waals surface area contributed by atoms with Crippen molar-refractivity contribution < 1.29 is 14.3 Å². The predicted octanol–water partition coefficient (Wildman–Crippen LogP) is 0.0888. The van der Waals surface area contributed by atoms with Gasteiger partial charge in [0.1, 0.15) is 6.61 Å². The van der Waals surface area contributed by atoms with Gasteiger partial charge in [-0.15, -0.1) is 0 Å². The number of hydrogen-bond acceptors (Lipinski definition) is 3. The first-order valence-corrected chi connectivity index (χ1v) is 2.89. The number of hydrogen-bond donors (Lipinski definition) is 1. The molecule has 1 aliphatic heterocycles. The van der Waals surface area contributed by atoms with E-state index < -0.39 is 6.09 Å². The molecule has 0 bridgehead atoms. The number of nitrogens with one attached hydrogen (secondary N) is 1. The van der Waals surface area contributed by atoms with Gasteiger partial charge in [-0.25, -0.2) is 4.79 Å². The first kappa shape index (κ1) is 6.35. The summed E-state index contributed by atoms with van der Waals surface area (Å²) >= 11 is 0. The Hall–Kier alpha value is -0.770. The molecule has 1 rings (SSSR count). The number of carbonyl (C=O) groups is 1. The van der Waals surface area contributed by atoms with E-state index in [1.165, 1.54) is 0 Å². The van der Waals surface area contributed by atoms with Crippen molar-refractivity contribution in [1.82, 2.24) is 5.32 Å². The fourth-order valence-corrected chi connectivity index (χ4v) is 0.413. The molecule has 0 spiro atoms. The third kappa shape index (κ3) is 2.32. The van der Waals surface area contributed by atoms with Crippen LogP contribution in [0.4, 0.5) is 4.79 Å². The Bertz CT molecular complexity index is 111. The fourth-order valence-electron chi connectivity index (χ4n) is 0.413. The number of epoxide rings is 1. The molecule has 1 heterocycles. The van der Waals surface area contributed by atoms with Crippen molar-refractivity contribution in [3.63, 3.8) is 0 Å². The molecular weight excluding hydrogens is 122 g/mol. The molecule has 4 nitrogen and oxygen atoms in total. The lowest BCUT2D eigenvalue weighted by atomic mass is 10.7. The molecule has 0 aromatic rings. The molecule has 0 unspecified atom stereocenters. The molecular formula is C5H9NO3. The van der Waals surface area contributed by atoms with E-state index in [2.05, 4.69) is 14.8 Å². The van der Waals surface area contributed by atoms with Gasteiger partial charge < -0.3 is 14.8 Å². The van der Waals surface area contributed by atoms with Crippen molar-refractivity contribution in [2.75, 3.05) is 13.2 Å². The summed E-state index contributed by atoms with van der Waals surface area (Å²) in [5.41, 5.74) is 0. The highest BCUT2D eigenvalue weighted by molar-refractivity contribution is 5.67. The third-order valence-corrected chi connectivity index (χ3v) is 0.862. The zero-order chi connectivity index (χ0) is 6.69. The zero-order valence-electron chi connectivity index (χ0n) is 5.22. The number of carbonyl (C=O) groups excluding carboxylic acids is 1. The van der Waals surface area contributed by atoms with E-state index in [4.69, 9.17) is 0 Å². The number of ether oxygens (including phenoxy) is 2. The Kier molecular flexibility index (Phi) is 1.89. The Labute approximate surface area is 53.1 Å². The summed E-state index contributed by atoms with van der Waals surface area (Å²) in [6, 6.07) is 0. The molecule has 1 atom stereocenters. The lowest BCUT2D eigenvalue weighted by Gasteiger charge is -1.99. The minimum Gasteiger partial charge on any atom is -0.417 e. The minimum absolute atomic E-state index is 0.281. The molecule has 0 aromatic carbocycles. The Morgan fingerprint density at radius 2 is 2.67 bits per heavy atom. The van der Waals surface area contributed by atoms with Gasteiger partial charge in [0.2, 0.25) is 6.29 Å². The summed E-state index contributed by atoms with van der Waals surface area (Å²) in [5, 5.41) is 2.48. The van der Waals surface area contributed by atoms with E-state index in [0.29, 0.717) is 13.2 Å². The van der Waals surface area contributed by atoms with E-state index >= 15 is 0 Å². The van der Waals surface area contributed by atoms with Gasteiger partial charge in [-0.3, -0.25) is 0 Å². The van der Waals surface area contributed by atoms with Crippen molar-refractivity contribution in [3.05, 3.63) is 0 Å². The Morgan fingerprint density at radius 3 is 3.11 bits per heavy atom. The average Bonchev–Trinajstić information content (AvgIpc) is 2.50. The van der Waals surface area contributed by atoms with Gasteiger partial charge in [-0.05, 0) is 6.92 Å². The van der Waals surface area contributed by atoms with Gasteiger partial charge in [0.15, 0.2) is 0 Å². The number of alkyl carbamates (subject to hydrolysis) is 1. The molecule has 52 valence electrons. The second kappa shape index (κ2) is 2.68. The summed E-state index contributed by atoms with van der Waals surface area (Å²) in [7, 11) is 0. The summed E-state index contributed by atoms with van der Waals surface area (Å²) < 4.78 is 9.27. The summed E-state index contributed by atoms with van der Waals surface area (Å²) in [5.74, 6) is 0. The van der Waals surface area contributed by atoms with Crippen LogP contribution in [0.3, 0.4) is 0 Å². The van der Waals surface area contributed by atoms with Gasteiger partial charge in [0, 0.05) is 6.54 Å². The van der Waals surface area contributed by atoms with E-state index in [0.717, 1.165) is 0 Å². The van der Waals surface area contributed by atoms with Crippen LogP contribution in [0.15, 0.2) is 0 Å². The van der Waals surface area contributed by atoms with E-state index in [1.54, 1.807) is 0 Å². The maximum atomic E-state index is 10.5. The van der Waals surface area contributed by atoms with Crippen LogP contribution in [0.25, 0.3) is 0 Å². The monoisotopic (exact) mass is 131 g/mol. The largest absolute Gasteiger partial charge is 0.417 e. The summed E-state index contributed by atoms with van der Waals surface area (Å²) in [4.78, 5) is 10.5. The van der Waals surface area contributed by atoms with Crippen LogP contribution in [-0.2, 0) is 9.47 Å². The van der Waals surface area contributed by atoms with E-state index in [-0.39, 0.29) is 6.29 Å². The number of rotatable bonds is 2. The van der Waals surface area contributed by atoms with Crippen LogP contribution in [0.1, 0.15) is 6.92 Å². The molecule has 0 radical (unpaired) electrons. The number of amides is 1. The van der Waals surface area contributed by atoms with Gasteiger partial charge in [-0.2, -0.15) is 0 Å². The van der Waals surface area contributed by atoms with Crippen LogP contribution < -0.4 is 5.32 Å². The highest BCUT2D eigenvalue weighted by atomic mass is 16.8. The molecule has 9 heavy (non-hydrogen) atoms. The molecule has 1 amide bonds. The average molecular weight is 131 g/mol. The van der Waals surface area contributed by atoms with Gasteiger partial charge >= 0.3 is 6.09 Å². The van der Waals surface area contributed by atoms with Crippen molar-refractivity contribution in [1.29, 1.82) is 0 Å². The molecule has 1 N–H and O–H groups in total. The van der Waals surface area contributed by atoms with Crippen LogP contribution in [-0.4, -0.2) is 25.5 Å². The van der Waals surface area contributed by atoms with Crippen LogP contribution in [0, 0.1) is 0 Å². The lowest BCUT2D eigenvalue weighted by Crippen LogP contribution is -2.24. The minimum atomic E-state index is -0.403. The first-order valence-electron chi connectivity index (χ1n) is 2.89. The van der Waals surface area contributed by atoms with Gasteiger partial charge in [0.05, 0.1) is 0 Å². The molecule has 4 heteroatoms. The van der Waals surface area contributed by atoms with E-state index in [1.807, 2.05) is 6.92 Å². The predicted molar refractivity (Wildman–Crippen MR) is 29.9 cm³/mol. The fraction of sp³-hybridized carbons (Fsp3) is 0.800. The second-order valence-corrected chi connectivity index (χ2v) is 1.70. The summed E-state index contributed by atoms with van der Waals surface area (Å²) in [6.45, 7) is 2.96. The molecule has 1 fully saturated rings. The zero-order valence-corrected chi connectivity index (χ0v) is 5.22. The Balaban J connectivity index is 2.02. The van der Waals surface area contributed by atoms with E-state index in [9.17, 15) is 4.79 Å². The van der Waals surface area contributed by atoms with Gasteiger partial charge in [0.25, 0.3) is 0 Å². The van der Waals surface area contributed by atoms with Crippen molar-refractivity contribution in [2.24, 2.45) is 0 Å². The smallest absolute Gasteiger partial charge is 0.409 e. The molecule has 0 aliphatic carbocycles. The quantitative estimate of drug-likeness (QED) is 0.540. The van der Waals surface area contributed by atoms with Crippen molar-refractivity contribution in [3.8, 4) is 0 Å². The normalized spacial score (nSPS) is 23.0. The topological polar surface area (TPSA) is 50.9 Å². The highest BCUT2D eigenvalue weighted by Crippen LogP contribution is 2.09. The van der Waals surface area contributed by atoms with Crippen molar-refractivity contribution in [2.45, 2.75) is 13.2 Å². The van der Waals surface area contributed by atoms with Crippen LogP contribution in [0.5, 0.6) is 0 Å². The first-order chi connectivity index (χ1) is 4.33. The maximum Gasteiger partial charge on any atom is 0.409 e. The summed E-state index contributed by atoms with van der Waals surface area (Å²) in [6.07, 6.45) is -0.684. The lowest BCUT2D eigenvalue weighted by molar-refractivity contribution is 0.0928. The molecule has 1 aliphatic rings. The molecule has 0 saturated carbocycles. The SMILES string of the molecule is CCNC(=O)O[C@H]1CO1. The van der Waals surface area contributed by atoms with Crippen molar-refractivity contribution >= 4 is 6.09 Å².